The highest BCUT2D eigenvalue weighted by Gasteiger charge is 2.19. The number of hydrogen-bond donors (Lipinski definition) is 1. The van der Waals surface area contributed by atoms with Crippen molar-refractivity contribution in [2.45, 2.75) is 32.2 Å². The zero-order valence-corrected chi connectivity index (χ0v) is 12.9. The Balaban J connectivity index is 1.71. The van der Waals surface area contributed by atoms with E-state index in [1.165, 1.54) is 5.56 Å². The summed E-state index contributed by atoms with van der Waals surface area (Å²) >= 11 is 3.57. The maximum absolute atomic E-state index is 11.5. The quantitative estimate of drug-likeness (QED) is 0.815. The van der Waals surface area contributed by atoms with Crippen molar-refractivity contribution in [2.75, 3.05) is 19.6 Å². The van der Waals surface area contributed by atoms with E-state index in [4.69, 9.17) is 0 Å². The minimum Gasteiger partial charge on any atom is -0.343 e. The largest absolute Gasteiger partial charge is 0.343 e. The zero-order valence-electron chi connectivity index (χ0n) is 11.4. The Morgan fingerprint density at radius 3 is 2.89 bits per heavy atom. The molecule has 1 saturated heterocycles. The monoisotopic (exact) mass is 324 g/mol. The van der Waals surface area contributed by atoms with Crippen LogP contribution in [0.25, 0.3) is 0 Å². The van der Waals surface area contributed by atoms with E-state index < -0.39 is 0 Å². The van der Waals surface area contributed by atoms with Crippen LogP contribution in [0.3, 0.4) is 0 Å². The molecule has 4 heteroatoms. The van der Waals surface area contributed by atoms with Crippen LogP contribution in [0.4, 0.5) is 0 Å². The first-order valence-corrected chi connectivity index (χ1v) is 7.73. The van der Waals surface area contributed by atoms with Crippen molar-refractivity contribution in [1.29, 1.82) is 0 Å². The van der Waals surface area contributed by atoms with E-state index in [1.54, 1.807) is 0 Å². The summed E-state index contributed by atoms with van der Waals surface area (Å²) in [5.41, 5.74) is 1.28. The predicted octanol–water partition coefficient (Wildman–Crippen LogP) is 3.11. The van der Waals surface area contributed by atoms with E-state index in [9.17, 15) is 4.79 Å². The summed E-state index contributed by atoms with van der Waals surface area (Å²) in [7, 11) is 0. The Kier molecular flexibility index (Phi) is 5.40. The Bertz CT molecular complexity index is 436. The summed E-state index contributed by atoms with van der Waals surface area (Å²) in [5.74, 6) is 0.318. The van der Waals surface area contributed by atoms with Gasteiger partial charge in [0.25, 0.3) is 0 Å². The van der Waals surface area contributed by atoms with Crippen LogP contribution in [0.2, 0.25) is 0 Å². The number of rotatable bonds is 6. The van der Waals surface area contributed by atoms with Crippen LogP contribution in [0, 0.1) is 0 Å². The summed E-state index contributed by atoms with van der Waals surface area (Å²) < 4.78 is 1.14. The normalized spacial score (nSPS) is 16.9. The van der Waals surface area contributed by atoms with E-state index in [-0.39, 0.29) is 0 Å². The minimum atomic E-state index is 0.318. The van der Waals surface area contributed by atoms with Crippen LogP contribution in [0.5, 0.6) is 0 Å². The first kappa shape index (κ1) is 14.5. The van der Waals surface area contributed by atoms with E-state index >= 15 is 0 Å². The maximum Gasteiger partial charge on any atom is 0.222 e. The first-order chi connectivity index (χ1) is 9.18. The van der Waals surface area contributed by atoms with Crippen LogP contribution >= 0.6 is 15.9 Å². The van der Waals surface area contributed by atoms with Crippen LogP contribution in [-0.4, -0.2) is 30.4 Å². The number of likely N-dealkylation sites (tertiary alicyclic amines) is 1. The van der Waals surface area contributed by atoms with Gasteiger partial charge in [-0.1, -0.05) is 34.1 Å². The number of carbonyl (C=O) groups excluding carboxylic acids is 1. The standard InChI is InChI=1S/C15H21BrN2O/c1-12(13-6-2-3-7-14(13)16)17-9-5-11-18-10-4-8-15(18)19/h2-3,6-7,12,17H,4-5,8-11H2,1H3. The molecular weight excluding hydrogens is 304 g/mol. The molecule has 3 nitrogen and oxygen atoms in total. The molecular formula is C15H21BrN2O. The summed E-state index contributed by atoms with van der Waals surface area (Å²) in [6.45, 7) is 4.93. The molecule has 1 aromatic rings. The van der Waals surface area contributed by atoms with Gasteiger partial charge in [0.1, 0.15) is 0 Å². The topological polar surface area (TPSA) is 32.3 Å². The number of benzene rings is 1. The molecule has 1 aliphatic heterocycles. The van der Waals surface area contributed by atoms with Crippen molar-refractivity contribution < 1.29 is 4.79 Å². The lowest BCUT2D eigenvalue weighted by Gasteiger charge is -2.18. The highest BCUT2D eigenvalue weighted by molar-refractivity contribution is 9.10. The average molecular weight is 325 g/mol. The Morgan fingerprint density at radius 1 is 1.42 bits per heavy atom. The van der Waals surface area contributed by atoms with Crippen LogP contribution in [-0.2, 0) is 4.79 Å². The predicted molar refractivity (Wildman–Crippen MR) is 81.0 cm³/mol. The van der Waals surface area contributed by atoms with Gasteiger partial charge in [-0.25, -0.2) is 0 Å². The summed E-state index contributed by atoms with van der Waals surface area (Å²) in [6, 6.07) is 8.60. The number of nitrogens with one attached hydrogen (secondary N) is 1. The van der Waals surface area contributed by atoms with Gasteiger partial charge in [-0.05, 0) is 37.9 Å². The van der Waals surface area contributed by atoms with E-state index in [2.05, 4.69) is 46.4 Å². The van der Waals surface area contributed by atoms with E-state index in [0.717, 1.165) is 43.4 Å². The van der Waals surface area contributed by atoms with Crippen molar-refractivity contribution in [1.82, 2.24) is 10.2 Å². The lowest BCUT2D eigenvalue weighted by atomic mass is 10.1. The molecule has 1 aromatic carbocycles. The summed E-state index contributed by atoms with van der Waals surface area (Å²) in [6.07, 6.45) is 2.78. The molecule has 0 bridgehead atoms. The maximum atomic E-state index is 11.5. The van der Waals surface area contributed by atoms with Gasteiger partial charge in [-0.3, -0.25) is 4.79 Å². The second-order valence-electron chi connectivity index (χ2n) is 5.04. The fourth-order valence-electron chi connectivity index (χ4n) is 2.47. The molecule has 1 amide bonds. The fraction of sp³-hybridized carbons (Fsp3) is 0.533. The van der Waals surface area contributed by atoms with Crippen molar-refractivity contribution in [3.63, 3.8) is 0 Å². The number of nitrogens with zero attached hydrogens (tertiary/aromatic N) is 1. The molecule has 0 aliphatic carbocycles. The van der Waals surface area contributed by atoms with Gasteiger partial charge in [0, 0.05) is 30.0 Å². The van der Waals surface area contributed by atoms with Crippen molar-refractivity contribution in [3.8, 4) is 0 Å². The van der Waals surface area contributed by atoms with Gasteiger partial charge in [-0.2, -0.15) is 0 Å². The molecule has 104 valence electrons. The van der Waals surface area contributed by atoms with Crippen LogP contribution in [0.15, 0.2) is 28.7 Å². The number of halogens is 1. The molecule has 1 atom stereocenters. The molecule has 1 fully saturated rings. The first-order valence-electron chi connectivity index (χ1n) is 6.94. The molecule has 1 N–H and O–H groups in total. The molecule has 1 heterocycles. The van der Waals surface area contributed by atoms with Gasteiger partial charge < -0.3 is 10.2 Å². The minimum absolute atomic E-state index is 0.318. The van der Waals surface area contributed by atoms with E-state index in [1.807, 2.05) is 11.0 Å². The fourth-order valence-corrected chi connectivity index (χ4v) is 3.09. The van der Waals surface area contributed by atoms with Crippen molar-refractivity contribution in [2.24, 2.45) is 0 Å². The third-order valence-corrected chi connectivity index (χ3v) is 4.32. The van der Waals surface area contributed by atoms with Gasteiger partial charge >= 0.3 is 0 Å². The van der Waals surface area contributed by atoms with Crippen LogP contribution < -0.4 is 5.32 Å². The van der Waals surface area contributed by atoms with Gasteiger partial charge in [0.05, 0.1) is 0 Å². The van der Waals surface area contributed by atoms with Crippen LogP contribution in [0.1, 0.15) is 37.8 Å². The second-order valence-corrected chi connectivity index (χ2v) is 5.89. The van der Waals surface area contributed by atoms with Crippen molar-refractivity contribution in [3.05, 3.63) is 34.3 Å². The van der Waals surface area contributed by atoms with E-state index in [0.29, 0.717) is 11.9 Å². The average Bonchev–Trinajstić information content (AvgIpc) is 2.80. The second kappa shape index (κ2) is 7.06. The molecule has 1 aliphatic rings. The third kappa shape index (κ3) is 4.05. The van der Waals surface area contributed by atoms with Crippen molar-refractivity contribution >= 4 is 21.8 Å². The molecule has 0 spiro atoms. The zero-order chi connectivity index (χ0) is 13.7. The Morgan fingerprint density at radius 2 is 2.21 bits per heavy atom. The lowest BCUT2D eigenvalue weighted by Crippen LogP contribution is -2.29. The SMILES string of the molecule is CC(NCCCN1CCCC1=O)c1ccccc1Br. The lowest BCUT2D eigenvalue weighted by molar-refractivity contribution is -0.127. The Hall–Kier alpha value is -0.870. The molecule has 1 unspecified atom stereocenters. The molecule has 0 saturated carbocycles. The molecule has 2 rings (SSSR count). The number of amides is 1. The highest BCUT2D eigenvalue weighted by atomic mass is 79.9. The third-order valence-electron chi connectivity index (χ3n) is 3.60. The van der Waals surface area contributed by atoms with Gasteiger partial charge in [0.2, 0.25) is 5.91 Å². The molecule has 19 heavy (non-hydrogen) atoms. The molecule has 0 aromatic heterocycles. The highest BCUT2D eigenvalue weighted by Crippen LogP contribution is 2.22. The Labute approximate surface area is 123 Å². The number of hydrogen-bond acceptors (Lipinski definition) is 2. The summed E-state index contributed by atoms with van der Waals surface area (Å²) in [5, 5.41) is 3.51. The van der Waals surface area contributed by atoms with Gasteiger partial charge in [-0.15, -0.1) is 0 Å². The van der Waals surface area contributed by atoms with Gasteiger partial charge in [0.15, 0.2) is 0 Å². The number of carbonyl (C=O) groups is 1. The summed E-state index contributed by atoms with van der Waals surface area (Å²) in [4.78, 5) is 13.4. The molecule has 0 radical (unpaired) electrons. The smallest absolute Gasteiger partial charge is 0.222 e.